The molecule has 2 aromatic rings. The summed E-state index contributed by atoms with van der Waals surface area (Å²) in [4.78, 5) is 0. The summed E-state index contributed by atoms with van der Waals surface area (Å²) in [7, 11) is -0.667. The molecule has 0 aliphatic heterocycles. The van der Waals surface area contributed by atoms with Gasteiger partial charge in [0.1, 0.15) is 5.82 Å². The Morgan fingerprint density at radius 3 is 2.38 bits per heavy atom. The van der Waals surface area contributed by atoms with Crippen LogP contribution in [-0.2, 0) is 15.8 Å². The van der Waals surface area contributed by atoms with Crippen molar-refractivity contribution in [3.05, 3.63) is 59.4 Å². The molecule has 1 N–H and O–H groups in total. The van der Waals surface area contributed by atoms with E-state index in [1.165, 1.54) is 32.4 Å². The lowest BCUT2D eigenvalue weighted by atomic mass is 10.1. The molecule has 5 nitrogen and oxygen atoms in total. The first-order valence-corrected chi connectivity index (χ1v) is 8.97. The molecule has 0 heterocycles. The maximum Gasteiger partial charge on any atom is 0.216 e. The molecule has 0 aliphatic rings. The molecule has 2 aromatic carbocycles. The van der Waals surface area contributed by atoms with Crippen LogP contribution < -0.4 is 14.2 Å². The Bertz CT molecular complexity index is 808. The molecule has 0 radical (unpaired) electrons. The highest BCUT2D eigenvalue weighted by atomic mass is 32.2. The lowest BCUT2D eigenvalue weighted by Crippen LogP contribution is -2.28. The van der Waals surface area contributed by atoms with Crippen molar-refractivity contribution in [3.8, 4) is 11.5 Å². The van der Waals surface area contributed by atoms with Crippen LogP contribution in [0.3, 0.4) is 0 Å². The van der Waals surface area contributed by atoms with Crippen molar-refractivity contribution in [2.75, 3.05) is 14.2 Å². The number of hydrogen-bond acceptors (Lipinski definition) is 4. The fourth-order valence-corrected chi connectivity index (χ4v) is 3.72. The summed E-state index contributed by atoms with van der Waals surface area (Å²) >= 11 is 0. The first-order chi connectivity index (χ1) is 11.4. The van der Waals surface area contributed by atoms with E-state index in [1.807, 2.05) is 0 Å². The standard InChI is InChI=1S/C17H20FNO4S/c1-12(13-8-9-16(22-2)17(10-13)23-3)19-24(20,21)11-14-6-4-5-7-15(14)18/h4-10,12,19H,11H2,1-3H3/t12-/m0/s1. The van der Waals surface area contributed by atoms with E-state index in [4.69, 9.17) is 9.47 Å². The van der Waals surface area contributed by atoms with Crippen molar-refractivity contribution in [2.24, 2.45) is 0 Å². The Balaban J connectivity index is 2.16. The van der Waals surface area contributed by atoms with E-state index >= 15 is 0 Å². The van der Waals surface area contributed by atoms with Crippen LogP contribution in [0, 0.1) is 5.82 Å². The van der Waals surface area contributed by atoms with Gasteiger partial charge in [-0.1, -0.05) is 24.3 Å². The lowest BCUT2D eigenvalue weighted by Gasteiger charge is -2.17. The van der Waals surface area contributed by atoms with Crippen LogP contribution >= 0.6 is 0 Å². The highest BCUT2D eigenvalue weighted by Gasteiger charge is 2.19. The number of ether oxygens (including phenoxy) is 2. The minimum atomic E-state index is -3.70. The zero-order chi connectivity index (χ0) is 17.7. The molecule has 0 saturated heterocycles. The van der Waals surface area contributed by atoms with Crippen LogP contribution in [0.5, 0.6) is 11.5 Å². The topological polar surface area (TPSA) is 64.6 Å². The van der Waals surface area contributed by atoms with Gasteiger partial charge in [-0.2, -0.15) is 0 Å². The minimum Gasteiger partial charge on any atom is -0.493 e. The Morgan fingerprint density at radius 1 is 1.08 bits per heavy atom. The third kappa shape index (κ3) is 4.46. The maximum atomic E-state index is 13.6. The fourth-order valence-electron chi connectivity index (χ4n) is 2.32. The van der Waals surface area contributed by atoms with Crippen molar-refractivity contribution < 1.29 is 22.3 Å². The van der Waals surface area contributed by atoms with Gasteiger partial charge in [-0.3, -0.25) is 0 Å². The SMILES string of the molecule is COc1ccc([C@H](C)NS(=O)(=O)Cc2ccccc2F)cc1OC. The number of methoxy groups -OCH3 is 2. The molecule has 1 atom stereocenters. The van der Waals surface area contributed by atoms with Gasteiger partial charge in [0.15, 0.2) is 11.5 Å². The number of rotatable bonds is 7. The quantitative estimate of drug-likeness (QED) is 0.831. The van der Waals surface area contributed by atoms with Crippen LogP contribution in [0.1, 0.15) is 24.1 Å². The summed E-state index contributed by atoms with van der Waals surface area (Å²) in [6.07, 6.45) is 0. The lowest BCUT2D eigenvalue weighted by molar-refractivity contribution is 0.354. The number of sulfonamides is 1. The Kier molecular flexibility index (Phi) is 5.80. The third-order valence-electron chi connectivity index (χ3n) is 3.57. The second kappa shape index (κ2) is 7.63. The summed E-state index contributed by atoms with van der Waals surface area (Å²) in [5, 5.41) is 0. The van der Waals surface area contributed by atoms with E-state index in [0.717, 1.165) is 0 Å². The average molecular weight is 353 g/mol. The van der Waals surface area contributed by atoms with Crippen LogP contribution in [0.15, 0.2) is 42.5 Å². The molecular weight excluding hydrogens is 333 g/mol. The summed E-state index contributed by atoms with van der Waals surface area (Å²) in [5.74, 6) is 0.108. The van der Waals surface area contributed by atoms with E-state index in [2.05, 4.69) is 4.72 Å². The monoisotopic (exact) mass is 353 g/mol. The zero-order valence-corrected chi connectivity index (χ0v) is 14.6. The van der Waals surface area contributed by atoms with Gasteiger partial charge >= 0.3 is 0 Å². The van der Waals surface area contributed by atoms with Crippen LogP contribution in [0.4, 0.5) is 4.39 Å². The predicted molar refractivity (Wildman–Crippen MR) is 90.1 cm³/mol. The van der Waals surface area contributed by atoms with Crippen LogP contribution in [-0.4, -0.2) is 22.6 Å². The molecule has 0 unspecified atom stereocenters. The van der Waals surface area contributed by atoms with Gasteiger partial charge < -0.3 is 9.47 Å². The molecule has 0 saturated carbocycles. The van der Waals surface area contributed by atoms with Crippen molar-refractivity contribution >= 4 is 10.0 Å². The number of nitrogens with one attached hydrogen (secondary N) is 1. The van der Waals surface area contributed by atoms with E-state index in [0.29, 0.717) is 17.1 Å². The summed E-state index contributed by atoms with van der Waals surface area (Å²) in [6.45, 7) is 1.71. The van der Waals surface area contributed by atoms with Crippen molar-refractivity contribution in [1.82, 2.24) is 4.72 Å². The second-order valence-electron chi connectivity index (χ2n) is 5.30. The number of hydrogen-bond donors (Lipinski definition) is 1. The third-order valence-corrected chi connectivity index (χ3v) is 4.97. The van der Waals surface area contributed by atoms with Gasteiger partial charge in [0.2, 0.25) is 10.0 Å². The number of benzene rings is 2. The molecule has 0 fully saturated rings. The average Bonchev–Trinajstić information content (AvgIpc) is 2.55. The fraction of sp³-hybridized carbons (Fsp3) is 0.294. The summed E-state index contributed by atoms with van der Waals surface area (Å²) in [5.41, 5.74) is 0.842. The van der Waals surface area contributed by atoms with E-state index < -0.39 is 27.6 Å². The van der Waals surface area contributed by atoms with Crippen LogP contribution in [0.25, 0.3) is 0 Å². The first-order valence-electron chi connectivity index (χ1n) is 7.31. The molecule has 0 aliphatic carbocycles. The highest BCUT2D eigenvalue weighted by Crippen LogP contribution is 2.30. The Labute approximate surface area is 141 Å². The largest absolute Gasteiger partial charge is 0.493 e. The van der Waals surface area contributed by atoms with Crippen molar-refractivity contribution in [1.29, 1.82) is 0 Å². The summed E-state index contributed by atoms with van der Waals surface area (Å²) in [6, 6.07) is 10.5. The normalized spacial score (nSPS) is 12.7. The second-order valence-corrected chi connectivity index (χ2v) is 7.06. The first kappa shape index (κ1) is 18.2. The van der Waals surface area contributed by atoms with Crippen LogP contribution in [0.2, 0.25) is 0 Å². The molecule has 7 heteroatoms. The van der Waals surface area contributed by atoms with Crippen molar-refractivity contribution in [2.45, 2.75) is 18.7 Å². The van der Waals surface area contributed by atoms with Gasteiger partial charge in [0.25, 0.3) is 0 Å². The predicted octanol–water partition coefficient (Wildman–Crippen LogP) is 3.02. The minimum absolute atomic E-state index is 0.129. The van der Waals surface area contributed by atoms with Gasteiger partial charge in [-0.15, -0.1) is 0 Å². The Morgan fingerprint density at radius 2 is 1.75 bits per heavy atom. The van der Waals surface area contributed by atoms with Crippen molar-refractivity contribution in [3.63, 3.8) is 0 Å². The highest BCUT2D eigenvalue weighted by molar-refractivity contribution is 7.88. The van der Waals surface area contributed by atoms with E-state index in [-0.39, 0.29) is 5.56 Å². The smallest absolute Gasteiger partial charge is 0.216 e. The number of halogens is 1. The maximum absolute atomic E-state index is 13.6. The molecule has 0 spiro atoms. The molecule has 2 rings (SSSR count). The molecule has 24 heavy (non-hydrogen) atoms. The van der Waals surface area contributed by atoms with E-state index in [9.17, 15) is 12.8 Å². The van der Waals surface area contributed by atoms with Gasteiger partial charge in [-0.05, 0) is 30.7 Å². The van der Waals surface area contributed by atoms with E-state index in [1.54, 1.807) is 31.2 Å². The molecule has 0 aromatic heterocycles. The molecule has 0 bridgehead atoms. The van der Waals surface area contributed by atoms with Gasteiger partial charge in [0, 0.05) is 11.6 Å². The summed E-state index contributed by atoms with van der Waals surface area (Å²) < 4.78 is 51.1. The Hall–Kier alpha value is -2.12. The zero-order valence-electron chi connectivity index (χ0n) is 13.7. The molecular formula is C17H20FNO4S. The molecule has 130 valence electrons. The van der Waals surface area contributed by atoms with Gasteiger partial charge in [-0.25, -0.2) is 17.5 Å². The van der Waals surface area contributed by atoms with Gasteiger partial charge in [0.05, 0.1) is 20.0 Å². The molecule has 0 amide bonds.